The predicted molar refractivity (Wildman–Crippen MR) is 61.6 cm³/mol. The normalized spacial score (nSPS) is 11.3. The number of halogens is 5. The highest BCUT2D eigenvalue weighted by molar-refractivity contribution is 9.10. The van der Waals surface area contributed by atoms with Crippen LogP contribution in [0.15, 0.2) is 22.7 Å². The van der Waals surface area contributed by atoms with Crippen molar-refractivity contribution in [3.8, 4) is 0 Å². The number of hydrogen-bond donors (Lipinski definition) is 1. The molecule has 16 heavy (non-hydrogen) atoms. The number of anilines is 1. The van der Waals surface area contributed by atoms with E-state index in [1.807, 2.05) is 0 Å². The van der Waals surface area contributed by atoms with Crippen LogP contribution in [0.2, 0.25) is 0 Å². The first-order valence-electron chi connectivity index (χ1n) is 4.07. The van der Waals surface area contributed by atoms with Crippen molar-refractivity contribution in [3.05, 3.63) is 28.2 Å². The van der Waals surface area contributed by atoms with Gasteiger partial charge in [0.1, 0.15) is 0 Å². The first-order chi connectivity index (χ1) is 7.34. The van der Waals surface area contributed by atoms with Crippen molar-refractivity contribution >= 4 is 43.5 Å². The van der Waals surface area contributed by atoms with Crippen molar-refractivity contribution < 1.29 is 18.0 Å². The number of alkyl halides is 4. The third-order valence-electron chi connectivity index (χ3n) is 1.69. The maximum absolute atomic E-state index is 12.4. The molecule has 0 atom stereocenters. The standard InChI is InChI=1S/C9H6Br2F3NO/c10-4-8(16)15-7-3-5(9(12,13)14)1-2-6(7)11/h1-3H,4H2,(H,15,16). The molecule has 1 aromatic rings. The van der Waals surface area contributed by atoms with Crippen molar-refractivity contribution in [2.75, 3.05) is 10.6 Å². The average molecular weight is 361 g/mol. The number of amides is 1. The number of benzene rings is 1. The smallest absolute Gasteiger partial charge is 0.324 e. The van der Waals surface area contributed by atoms with Crippen molar-refractivity contribution in [2.24, 2.45) is 0 Å². The quantitative estimate of drug-likeness (QED) is 0.798. The van der Waals surface area contributed by atoms with Crippen LogP contribution in [0.25, 0.3) is 0 Å². The molecular formula is C9H6Br2F3NO. The molecule has 7 heteroatoms. The van der Waals surface area contributed by atoms with E-state index in [-0.39, 0.29) is 11.0 Å². The molecule has 88 valence electrons. The molecule has 0 radical (unpaired) electrons. The fraction of sp³-hybridized carbons (Fsp3) is 0.222. The molecule has 2 nitrogen and oxygen atoms in total. The van der Waals surface area contributed by atoms with Crippen LogP contribution in [0.5, 0.6) is 0 Å². The molecule has 0 saturated carbocycles. The third kappa shape index (κ3) is 3.48. The Kier molecular flexibility index (Phi) is 4.37. The Morgan fingerprint density at radius 2 is 2.00 bits per heavy atom. The van der Waals surface area contributed by atoms with Crippen molar-refractivity contribution in [2.45, 2.75) is 6.18 Å². The lowest BCUT2D eigenvalue weighted by molar-refractivity contribution is -0.137. The van der Waals surface area contributed by atoms with Crippen molar-refractivity contribution in [3.63, 3.8) is 0 Å². The topological polar surface area (TPSA) is 29.1 Å². The largest absolute Gasteiger partial charge is 0.416 e. The molecule has 0 aromatic heterocycles. The van der Waals surface area contributed by atoms with E-state index in [0.29, 0.717) is 4.47 Å². The van der Waals surface area contributed by atoms with Crippen LogP contribution in [0.3, 0.4) is 0 Å². The Morgan fingerprint density at radius 1 is 1.38 bits per heavy atom. The molecule has 0 heterocycles. The Morgan fingerprint density at radius 3 is 2.50 bits per heavy atom. The van der Waals surface area contributed by atoms with Gasteiger partial charge in [-0.3, -0.25) is 4.79 Å². The van der Waals surface area contributed by atoms with Crippen LogP contribution >= 0.6 is 31.9 Å². The second-order valence-electron chi connectivity index (χ2n) is 2.87. The van der Waals surface area contributed by atoms with E-state index in [9.17, 15) is 18.0 Å². The summed E-state index contributed by atoms with van der Waals surface area (Å²) in [7, 11) is 0. The van der Waals surface area contributed by atoms with E-state index in [2.05, 4.69) is 37.2 Å². The molecule has 1 rings (SSSR count). The first-order valence-corrected chi connectivity index (χ1v) is 5.98. The zero-order valence-corrected chi connectivity index (χ0v) is 10.9. The van der Waals surface area contributed by atoms with E-state index in [4.69, 9.17) is 0 Å². The van der Waals surface area contributed by atoms with Gasteiger partial charge in [-0.25, -0.2) is 0 Å². The maximum Gasteiger partial charge on any atom is 0.416 e. The Bertz CT molecular complexity index is 406. The number of nitrogens with one attached hydrogen (secondary N) is 1. The second-order valence-corrected chi connectivity index (χ2v) is 4.29. The monoisotopic (exact) mass is 359 g/mol. The molecule has 0 saturated heterocycles. The van der Waals surface area contributed by atoms with Crippen LogP contribution in [0.4, 0.5) is 18.9 Å². The van der Waals surface area contributed by atoms with E-state index in [0.717, 1.165) is 12.1 Å². The van der Waals surface area contributed by atoms with Gasteiger partial charge in [-0.1, -0.05) is 15.9 Å². The van der Waals surface area contributed by atoms with Gasteiger partial charge >= 0.3 is 6.18 Å². The molecule has 0 fully saturated rings. The second kappa shape index (κ2) is 5.18. The zero-order valence-electron chi connectivity index (χ0n) is 7.74. The molecule has 1 N–H and O–H groups in total. The van der Waals surface area contributed by atoms with Crippen LogP contribution in [0.1, 0.15) is 5.56 Å². The molecule has 0 unspecified atom stereocenters. The molecule has 0 spiro atoms. The molecule has 0 bridgehead atoms. The first kappa shape index (κ1) is 13.5. The summed E-state index contributed by atoms with van der Waals surface area (Å²) in [6, 6.07) is 3.06. The van der Waals surface area contributed by atoms with Gasteiger partial charge in [-0.05, 0) is 34.1 Å². The summed E-state index contributed by atoms with van der Waals surface area (Å²) in [6.07, 6.45) is -4.42. The lowest BCUT2D eigenvalue weighted by Crippen LogP contribution is -2.14. The summed E-state index contributed by atoms with van der Waals surface area (Å²) in [4.78, 5) is 11.0. The zero-order chi connectivity index (χ0) is 12.3. The van der Waals surface area contributed by atoms with Crippen LogP contribution < -0.4 is 5.32 Å². The van der Waals surface area contributed by atoms with E-state index in [1.54, 1.807) is 0 Å². The molecule has 0 aliphatic rings. The van der Waals surface area contributed by atoms with Gasteiger partial charge < -0.3 is 5.32 Å². The van der Waals surface area contributed by atoms with E-state index < -0.39 is 17.6 Å². The Labute approximate surface area is 106 Å². The average Bonchev–Trinajstić information content (AvgIpc) is 2.19. The number of carbonyl (C=O) groups excluding carboxylic acids is 1. The van der Waals surface area contributed by atoms with Crippen LogP contribution in [-0.2, 0) is 11.0 Å². The van der Waals surface area contributed by atoms with Crippen molar-refractivity contribution in [1.29, 1.82) is 0 Å². The summed E-state index contributed by atoms with van der Waals surface area (Å²) >= 11 is 5.96. The fourth-order valence-corrected chi connectivity index (χ4v) is 1.47. The number of hydrogen-bond acceptors (Lipinski definition) is 1. The number of carbonyl (C=O) groups is 1. The lowest BCUT2D eigenvalue weighted by Gasteiger charge is -2.11. The number of rotatable bonds is 2. The SMILES string of the molecule is O=C(CBr)Nc1cc(C(F)(F)F)ccc1Br. The van der Waals surface area contributed by atoms with E-state index >= 15 is 0 Å². The summed E-state index contributed by atoms with van der Waals surface area (Å²) in [6.45, 7) is 0. The van der Waals surface area contributed by atoms with Gasteiger partial charge in [0.15, 0.2) is 0 Å². The van der Waals surface area contributed by atoms with Crippen LogP contribution in [-0.4, -0.2) is 11.2 Å². The lowest BCUT2D eigenvalue weighted by atomic mass is 10.2. The van der Waals surface area contributed by atoms with Gasteiger partial charge in [0.2, 0.25) is 5.91 Å². The van der Waals surface area contributed by atoms with Gasteiger partial charge in [0.25, 0.3) is 0 Å². The van der Waals surface area contributed by atoms with Gasteiger partial charge in [0, 0.05) is 4.47 Å². The highest BCUT2D eigenvalue weighted by atomic mass is 79.9. The van der Waals surface area contributed by atoms with E-state index in [1.165, 1.54) is 6.07 Å². The molecule has 0 aliphatic heterocycles. The fourth-order valence-electron chi connectivity index (χ4n) is 0.981. The molecule has 1 aromatic carbocycles. The maximum atomic E-state index is 12.4. The summed E-state index contributed by atoms with van der Waals surface area (Å²) < 4.78 is 37.5. The molecular weight excluding hydrogens is 355 g/mol. The third-order valence-corrected chi connectivity index (χ3v) is 2.89. The highest BCUT2D eigenvalue weighted by Gasteiger charge is 2.31. The van der Waals surface area contributed by atoms with Crippen LogP contribution in [0, 0.1) is 0 Å². The summed E-state index contributed by atoms with van der Waals surface area (Å²) in [5.41, 5.74) is -0.708. The predicted octanol–water partition coefficient (Wildman–Crippen LogP) is 3.80. The Balaban J connectivity index is 3.04. The molecule has 0 aliphatic carbocycles. The van der Waals surface area contributed by atoms with Gasteiger partial charge in [-0.2, -0.15) is 13.2 Å². The molecule has 1 amide bonds. The summed E-state index contributed by atoms with van der Waals surface area (Å²) in [5.74, 6) is -0.417. The van der Waals surface area contributed by atoms with Crippen molar-refractivity contribution in [1.82, 2.24) is 0 Å². The minimum atomic E-state index is -4.42. The minimum Gasteiger partial charge on any atom is -0.324 e. The van der Waals surface area contributed by atoms with Gasteiger partial charge in [-0.15, -0.1) is 0 Å². The highest BCUT2D eigenvalue weighted by Crippen LogP contribution is 2.33. The van der Waals surface area contributed by atoms with Gasteiger partial charge in [0.05, 0.1) is 16.6 Å². The Hall–Kier alpha value is -0.560. The minimum absolute atomic E-state index is 0.0235. The summed E-state index contributed by atoms with van der Waals surface area (Å²) in [5, 5.41) is 2.36.